The Hall–Kier alpha value is -2.93. The van der Waals surface area contributed by atoms with Crippen molar-refractivity contribution in [1.82, 2.24) is 9.88 Å². The van der Waals surface area contributed by atoms with E-state index in [4.69, 9.17) is 0 Å². The summed E-state index contributed by atoms with van der Waals surface area (Å²) < 4.78 is 4.64. The van der Waals surface area contributed by atoms with Crippen molar-refractivity contribution in [3.05, 3.63) is 53.3 Å². The second kappa shape index (κ2) is 8.84. The molecule has 3 rings (SSSR count). The first-order valence-electron chi connectivity index (χ1n) is 9.45. The van der Waals surface area contributed by atoms with Gasteiger partial charge in [0.25, 0.3) is 5.91 Å². The zero-order valence-electron chi connectivity index (χ0n) is 16.6. The number of nitrogens with one attached hydrogen (secondary N) is 1. The molecule has 0 radical (unpaired) electrons. The van der Waals surface area contributed by atoms with Crippen LogP contribution in [-0.2, 0) is 4.74 Å². The van der Waals surface area contributed by atoms with E-state index in [1.165, 1.54) is 31.1 Å². The lowest BCUT2D eigenvalue weighted by atomic mass is 10.1. The van der Waals surface area contributed by atoms with Crippen molar-refractivity contribution in [1.29, 1.82) is 0 Å². The van der Waals surface area contributed by atoms with Crippen LogP contribution in [-0.4, -0.2) is 61.6 Å². The van der Waals surface area contributed by atoms with Crippen LogP contribution in [0.4, 0.5) is 11.4 Å². The van der Waals surface area contributed by atoms with Crippen LogP contribution < -0.4 is 10.2 Å². The molecule has 1 saturated heterocycles. The molecule has 0 bridgehead atoms. The van der Waals surface area contributed by atoms with Gasteiger partial charge in [0.05, 0.1) is 12.7 Å². The molecule has 1 aromatic heterocycles. The molecule has 2 heterocycles. The van der Waals surface area contributed by atoms with Gasteiger partial charge in [-0.2, -0.15) is 0 Å². The summed E-state index contributed by atoms with van der Waals surface area (Å²) in [7, 11) is 1.30. The van der Waals surface area contributed by atoms with E-state index in [0.717, 1.165) is 44.0 Å². The Morgan fingerprint density at radius 3 is 2.46 bits per heavy atom. The van der Waals surface area contributed by atoms with E-state index >= 15 is 0 Å². The quantitative estimate of drug-likeness (QED) is 0.801. The highest BCUT2D eigenvalue weighted by Crippen LogP contribution is 2.24. The first-order valence-corrected chi connectivity index (χ1v) is 9.45. The minimum atomic E-state index is -0.481. The smallest absolute Gasteiger partial charge is 0.339 e. The number of esters is 1. The fraction of sp³-hybridized carbons (Fsp3) is 0.381. The number of hydrogen-bond acceptors (Lipinski definition) is 6. The number of amides is 1. The summed E-state index contributed by atoms with van der Waals surface area (Å²) in [5, 5.41) is 2.89. The fourth-order valence-corrected chi connectivity index (χ4v) is 3.26. The molecule has 1 N–H and O–H groups in total. The maximum atomic E-state index is 12.5. The number of aromatic nitrogens is 1. The third kappa shape index (κ3) is 4.48. The number of aryl methyl sites for hydroxylation is 1. The molecule has 7 nitrogen and oxygen atoms in total. The van der Waals surface area contributed by atoms with Gasteiger partial charge < -0.3 is 19.9 Å². The first kappa shape index (κ1) is 19.8. The third-order valence-corrected chi connectivity index (χ3v) is 5.06. The molecule has 0 aliphatic carbocycles. The average molecular weight is 382 g/mol. The minimum Gasteiger partial charge on any atom is -0.465 e. The number of likely N-dealkylation sites (N-methyl/N-ethyl adjacent to an activating group) is 1. The van der Waals surface area contributed by atoms with E-state index in [1.54, 1.807) is 0 Å². The molecule has 0 unspecified atom stereocenters. The van der Waals surface area contributed by atoms with Crippen LogP contribution in [0.5, 0.6) is 0 Å². The highest BCUT2D eigenvalue weighted by molar-refractivity contribution is 6.03. The van der Waals surface area contributed by atoms with Gasteiger partial charge in [0.1, 0.15) is 5.69 Å². The van der Waals surface area contributed by atoms with Crippen LogP contribution in [0.25, 0.3) is 0 Å². The van der Waals surface area contributed by atoms with Gasteiger partial charge in [-0.25, -0.2) is 4.79 Å². The number of methoxy groups -OCH3 is 1. The van der Waals surface area contributed by atoms with Crippen LogP contribution in [0.15, 0.2) is 36.5 Å². The summed E-state index contributed by atoms with van der Waals surface area (Å²) >= 11 is 0. The lowest BCUT2D eigenvalue weighted by Crippen LogP contribution is -2.46. The standard InChI is InChI=1S/C21H26N4O3/c1-4-24-9-11-25(12-10-24)17-6-8-18(15(2)13-17)23-20(26)19-7-5-16(14-22-19)21(27)28-3/h5-8,13-14H,4,9-12H2,1-3H3,(H,23,26). The van der Waals surface area contributed by atoms with Gasteiger partial charge in [0, 0.05) is 43.8 Å². The summed E-state index contributed by atoms with van der Waals surface area (Å²) in [6.45, 7) is 9.42. The van der Waals surface area contributed by atoms with Crippen LogP contribution in [0.2, 0.25) is 0 Å². The number of rotatable bonds is 5. The topological polar surface area (TPSA) is 74.8 Å². The Labute approximate surface area is 165 Å². The zero-order valence-corrected chi connectivity index (χ0v) is 16.6. The van der Waals surface area contributed by atoms with Crippen molar-refractivity contribution in [2.24, 2.45) is 0 Å². The molecule has 0 saturated carbocycles. The third-order valence-electron chi connectivity index (χ3n) is 5.06. The predicted molar refractivity (Wildman–Crippen MR) is 109 cm³/mol. The molecule has 1 fully saturated rings. The van der Waals surface area contributed by atoms with E-state index in [9.17, 15) is 9.59 Å². The van der Waals surface area contributed by atoms with Gasteiger partial charge in [-0.15, -0.1) is 0 Å². The maximum absolute atomic E-state index is 12.5. The predicted octanol–water partition coefficient (Wildman–Crippen LogP) is 2.57. The molecular formula is C21H26N4O3. The largest absolute Gasteiger partial charge is 0.465 e. The molecular weight excluding hydrogens is 356 g/mol. The number of carbonyl (C=O) groups excluding carboxylic acids is 2. The Bertz CT molecular complexity index is 843. The second-order valence-electron chi connectivity index (χ2n) is 6.80. The highest BCUT2D eigenvalue weighted by atomic mass is 16.5. The van der Waals surface area contributed by atoms with E-state index in [0.29, 0.717) is 5.56 Å². The van der Waals surface area contributed by atoms with Crippen molar-refractivity contribution >= 4 is 23.3 Å². The molecule has 1 aliphatic rings. The summed E-state index contributed by atoms with van der Waals surface area (Å²) in [5.74, 6) is -0.797. The van der Waals surface area contributed by atoms with Gasteiger partial charge in [-0.05, 0) is 49.4 Å². The van der Waals surface area contributed by atoms with Crippen molar-refractivity contribution in [3.8, 4) is 0 Å². The van der Waals surface area contributed by atoms with Gasteiger partial charge >= 0.3 is 5.97 Å². The van der Waals surface area contributed by atoms with Gasteiger partial charge in [0.15, 0.2) is 0 Å². The van der Waals surface area contributed by atoms with E-state index < -0.39 is 5.97 Å². The second-order valence-corrected chi connectivity index (χ2v) is 6.80. The molecule has 7 heteroatoms. The number of hydrogen-bond donors (Lipinski definition) is 1. The fourth-order valence-electron chi connectivity index (χ4n) is 3.26. The van der Waals surface area contributed by atoms with Crippen LogP contribution >= 0.6 is 0 Å². The average Bonchev–Trinajstić information content (AvgIpc) is 2.74. The van der Waals surface area contributed by atoms with E-state index in [-0.39, 0.29) is 11.6 Å². The Kier molecular flexibility index (Phi) is 6.26. The number of pyridine rings is 1. The number of piperazine rings is 1. The van der Waals surface area contributed by atoms with Crippen LogP contribution in [0, 0.1) is 6.92 Å². The van der Waals surface area contributed by atoms with E-state index in [1.807, 2.05) is 19.1 Å². The lowest BCUT2D eigenvalue weighted by molar-refractivity contribution is 0.0600. The molecule has 148 valence electrons. The lowest BCUT2D eigenvalue weighted by Gasteiger charge is -2.35. The number of anilines is 2. The number of carbonyl (C=O) groups is 2. The highest BCUT2D eigenvalue weighted by Gasteiger charge is 2.17. The summed E-state index contributed by atoms with van der Waals surface area (Å²) in [4.78, 5) is 32.8. The van der Waals surface area contributed by atoms with Crippen molar-refractivity contribution < 1.29 is 14.3 Å². The number of benzene rings is 1. The van der Waals surface area contributed by atoms with Gasteiger partial charge in [-0.1, -0.05) is 6.92 Å². The van der Waals surface area contributed by atoms with E-state index in [2.05, 4.69) is 37.8 Å². The van der Waals surface area contributed by atoms with Gasteiger partial charge in [-0.3, -0.25) is 9.78 Å². The normalized spacial score (nSPS) is 14.6. The van der Waals surface area contributed by atoms with Crippen LogP contribution in [0.3, 0.4) is 0 Å². The minimum absolute atomic E-state index is 0.242. The number of nitrogens with zero attached hydrogens (tertiary/aromatic N) is 3. The van der Waals surface area contributed by atoms with Crippen LogP contribution in [0.1, 0.15) is 33.3 Å². The summed E-state index contributed by atoms with van der Waals surface area (Å²) in [6, 6.07) is 9.11. The Balaban J connectivity index is 1.66. The Morgan fingerprint density at radius 1 is 1.14 bits per heavy atom. The summed E-state index contributed by atoms with van der Waals surface area (Å²) in [6.07, 6.45) is 1.34. The Morgan fingerprint density at radius 2 is 1.89 bits per heavy atom. The molecule has 0 atom stereocenters. The molecule has 1 amide bonds. The van der Waals surface area contributed by atoms with Crippen molar-refractivity contribution in [2.45, 2.75) is 13.8 Å². The number of ether oxygens (including phenoxy) is 1. The molecule has 1 aliphatic heterocycles. The molecule has 2 aromatic rings. The van der Waals surface area contributed by atoms with Crippen molar-refractivity contribution in [3.63, 3.8) is 0 Å². The molecule has 28 heavy (non-hydrogen) atoms. The SMILES string of the molecule is CCN1CCN(c2ccc(NC(=O)c3ccc(C(=O)OC)cn3)c(C)c2)CC1. The first-order chi connectivity index (χ1) is 13.5. The maximum Gasteiger partial charge on any atom is 0.339 e. The van der Waals surface area contributed by atoms with Crippen molar-refractivity contribution in [2.75, 3.05) is 50.1 Å². The molecule has 0 spiro atoms. The summed E-state index contributed by atoms with van der Waals surface area (Å²) in [5.41, 5.74) is 3.47. The van der Waals surface area contributed by atoms with Gasteiger partial charge in [0.2, 0.25) is 0 Å². The zero-order chi connectivity index (χ0) is 20.1. The monoisotopic (exact) mass is 382 g/mol. The molecule has 1 aromatic carbocycles.